The largest absolute Gasteiger partial charge is 0.486 e. The van der Waals surface area contributed by atoms with E-state index in [2.05, 4.69) is 31.2 Å². The number of nitrogens with zero attached hydrogens (tertiary/aromatic N) is 1. The summed E-state index contributed by atoms with van der Waals surface area (Å²) >= 11 is 3.53. The number of rotatable bonds is 3. The summed E-state index contributed by atoms with van der Waals surface area (Å²) in [7, 11) is 0. The second-order valence-electron chi connectivity index (χ2n) is 4.32. The van der Waals surface area contributed by atoms with Crippen LogP contribution in [0.25, 0.3) is 0 Å². The highest BCUT2D eigenvalue weighted by Crippen LogP contribution is 2.38. The zero-order valence-corrected chi connectivity index (χ0v) is 12.1. The van der Waals surface area contributed by atoms with Gasteiger partial charge in [-0.15, -0.1) is 0 Å². The predicted octanol–water partition coefficient (Wildman–Crippen LogP) is 2.86. The summed E-state index contributed by atoms with van der Waals surface area (Å²) in [6.45, 7) is 3.80. The molecule has 1 aliphatic heterocycles. The smallest absolute Gasteiger partial charge is 0.163 e. The van der Waals surface area contributed by atoms with Gasteiger partial charge >= 0.3 is 0 Å². The number of ether oxygens (including phenoxy) is 2. The van der Waals surface area contributed by atoms with E-state index < -0.39 is 0 Å². The lowest BCUT2D eigenvalue weighted by Gasteiger charge is -2.20. The Kier molecular flexibility index (Phi) is 3.33. The number of benzene rings is 1. The van der Waals surface area contributed by atoms with Crippen LogP contribution in [0.5, 0.6) is 11.5 Å². The van der Waals surface area contributed by atoms with Gasteiger partial charge in [0, 0.05) is 16.6 Å². The number of nitrogens with one attached hydrogen (secondary N) is 2. The lowest BCUT2D eigenvalue weighted by atomic mass is 10.2. The van der Waals surface area contributed by atoms with Crippen LogP contribution in [0, 0.1) is 6.92 Å². The third-order valence-corrected chi connectivity index (χ3v) is 3.51. The maximum atomic E-state index is 5.57. The molecule has 0 spiro atoms. The monoisotopic (exact) mass is 323 g/mol. The van der Waals surface area contributed by atoms with Crippen molar-refractivity contribution in [2.24, 2.45) is 0 Å². The molecule has 0 bridgehead atoms. The fourth-order valence-electron chi connectivity index (χ4n) is 1.95. The number of anilines is 1. The third kappa shape index (κ3) is 2.68. The lowest BCUT2D eigenvalue weighted by molar-refractivity contribution is 0.171. The molecule has 0 radical (unpaired) electrons. The second-order valence-corrected chi connectivity index (χ2v) is 5.18. The van der Waals surface area contributed by atoms with Gasteiger partial charge in [-0.1, -0.05) is 0 Å². The van der Waals surface area contributed by atoms with Crippen molar-refractivity contribution >= 4 is 21.6 Å². The number of fused-ring (bicyclic) bond motifs is 1. The minimum atomic E-state index is 0.591. The molecule has 3 rings (SSSR count). The minimum Gasteiger partial charge on any atom is -0.486 e. The van der Waals surface area contributed by atoms with Gasteiger partial charge in [0.15, 0.2) is 11.5 Å². The van der Waals surface area contributed by atoms with Crippen LogP contribution >= 0.6 is 15.9 Å². The Hall–Kier alpha value is -1.69. The molecule has 6 heteroatoms. The number of imidazole rings is 1. The Morgan fingerprint density at radius 2 is 2.05 bits per heavy atom. The molecular weight excluding hydrogens is 310 g/mol. The van der Waals surface area contributed by atoms with Crippen molar-refractivity contribution in [2.45, 2.75) is 13.5 Å². The van der Waals surface area contributed by atoms with Gasteiger partial charge in [0.1, 0.15) is 19.0 Å². The van der Waals surface area contributed by atoms with E-state index >= 15 is 0 Å². The van der Waals surface area contributed by atoms with Crippen LogP contribution in [0.15, 0.2) is 22.8 Å². The molecule has 2 heterocycles. The van der Waals surface area contributed by atoms with Crippen LogP contribution in [-0.2, 0) is 6.54 Å². The van der Waals surface area contributed by atoms with Crippen molar-refractivity contribution in [3.05, 3.63) is 34.3 Å². The number of H-pyrrole nitrogens is 1. The first-order valence-corrected chi connectivity index (χ1v) is 6.85. The minimum absolute atomic E-state index is 0.591. The van der Waals surface area contributed by atoms with Gasteiger partial charge in [0.2, 0.25) is 0 Å². The first kappa shape index (κ1) is 12.3. The van der Waals surface area contributed by atoms with E-state index in [0.29, 0.717) is 19.8 Å². The number of aromatic amines is 1. The van der Waals surface area contributed by atoms with E-state index in [-0.39, 0.29) is 0 Å². The van der Waals surface area contributed by atoms with E-state index in [1.54, 1.807) is 0 Å². The maximum Gasteiger partial charge on any atom is 0.163 e. The molecule has 0 atom stereocenters. The first-order chi connectivity index (χ1) is 9.22. The lowest BCUT2D eigenvalue weighted by Crippen LogP contribution is -2.15. The Bertz CT molecular complexity index is 598. The summed E-state index contributed by atoms with van der Waals surface area (Å²) in [5.74, 6) is 2.47. The molecule has 2 N–H and O–H groups in total. The topological polar surface area (TPSA) is 59.2 Å². The predicted molar refractivity (Wildman–Crippen MR) is 75.8 cm³/mol. The SMILES string of the molecule is Cc1ncc(CNc2cc3c(cc2Br)OCCO3)[nH]1. The van der Waals surface area contributed by atoms with Crippen molar-refractivity contribution in [2.75, 3.05) is 18.5 Å². The molecule has 5 nitrogen and oxygen atoms in total. The Labute approximate surface area is 119 Å². The third-order valence-electron chi connectivity index (χ3n) is 2.86. The molecular formula is C13H14BrN3O2. The molecule has 1 aliphatic rings. The van der Waals surface area contributed by atoms with E-state index in [1.807, 2.05) is 25.3 Å². The van der Waals surface area contributed by atoms with Gasteiger partial charge in [-0.05, 0) is 22.9 Å². The van der Waals surface area contributed by atoms with Crippen molar-refractivity contribution in [1.82, 2.24) is 9.97 Å². The van der Waals surface area contributed by atoms with Gasteiger partial charge in [0.05, 0.1) is 24.1 Å². The van der Waals surface area contributed by atoms with Crippen molar-refractivity contribution < 1.29 is 9.47 Å². The second kappa shape index (κ2) is 5.13. The van der Waals surface area contributed by atoms with E-state index in [9.17, 15) is 0 Å². The van der Waals surface area contributed by atoms with Gasteiger partial charge in [-0.3, -0.25) is 0 Å². The van der Waals surface area contributed by atoms with Crippen molar-refractivity contribution in [3.63, 3.8) is 0 Å². The number of hydrogen-bond acceptors (Lipinski definition) is 4. The van der Waals surface area contributed by atoms with Crippen molar-refractivity contribution in [1.29, 1.82) is 0 Å². The molecule has 0 saturated carbocycles. The molecule has 0 aliphatic carbocycles. The maximum absolute atomic E-state index is 5.57. The zero-order valence-electron chi connectivity index (χ0n) is 10.5. The Morgan fingerprint density at radius 1 is 1.32 bits per heavy atom. The number of aromatic nitrogens is 2. The van der Waals surface area contributed by atoms with Gasteiger partial charge in [-0.25, -0.2) is 4.98 Å². The van der Waals surface area contributed by atoms with E-state index in [1.165, 1.54) is 0 Å². The molecule has 100 valence electrons. The van der Waals surface area contributed by atoms with Gasteiger partial charge in [-0.2, -0.15) is 0 Å². The molecule has 0 amide bonds. The van der Waals surface area contributed by atoms with Crippen LogP contribution < -0.4 is 14.8 Å². The Balaban J connectivity index is 1.77. The first-order valence-electron chi connectivity index (χ1n) is 6.06. The Morgan fingerprint density at radius 3 is 2.74 bits per heavy atom. The fraction of sp³-hybridized carbons (Fsp3) is 0.308. The van der Waals surface area contributed by atoms with E-state index in [0.717, 1.165) is 33.2 Å². The quantitative estimate of drug-likeness (QED) is 0.911. The van der Waals surface area contributed by atoms with E-state index in [4.69, 9.17) is 9.47 Å². The van der Waals surface area contributed by atoms with Crippen LogP contribution in [0.2, 0.25) is 0 Å². The van der Waals surface area contributed by atoms with Crippen LogP contribution in [0.1, 0.15) is 11.5 Å². The standard InChI is InChI=1S/C13H14BrN3O2/c1-8-15-6-9(17-8)7-16-11-5-13-12(4-10(11)14)18-2-3-19-13/h4-6,16H,2-3,7H2,1H3,(H,15,17). The summed E-state index contributed by atoms with van der Waals surface area (Å²) in [6, 6.07) is 3.87. The van der Waals surface area contributed by atoms with Gasteiger partial charge < -0.3 is 19.8 Å². The molecule has 1 aromatic heterocycles. The number of hydrogen-bond donors (Lipinski definition) is 2. The molecule has 2 aromatic rings. The summed E-state index contributed by atoms with van der Waals surface area (Å²) < 4.78 is 12.0. The fourth-order valence-corrected chi connectivity index (χ4v) is 2.41. The van der Waals surface area contributed by atoms with Crippen molar-refractivity contribution in [3.8, 4) is 11.5 Å². The highest BCUT2D eigenvalue weighted by Gasteiger charge is 2.14. The van der Waals surface area contributed by atoms with Crippen LogP contribution in [0.3, 0.4) is 0 Å². The van der Waals surface area contributed by atoms with Crippen LogP contribution in [0.4, 0.5) is 5.69 Å². The summed E-state index contributed by atoms with van der Waals surface area (Å²) in [5.41, 5.74) is 2.01. The molecule has 1 aromatic carbocycles. The summed E-state index contributed by atoms with van der Waals surface area (Å²) in [6.07, 6.45) is 1.83. The van der Waals surface area contributed by atoms with Gasteiger partial charge in [0.25, 0.3) is 0 Å². The highest BCUT2D eigenvalue weighted by molar-refractivity contribution is 9.10. The normalized spacial score (nSPS) is 13.4. The molecule has 0 fully saturated rings. The number of halogens is 1. The van der Waals surface area contributed by atoms with Crippen LogP contribution in [-0.4, -0.2) is 23.2 Å². The highest BCUT2D eigenvalue weighted by atomic mass is 79.9. The zero-order chi connectivity index (χ0) is 13.2. The average molecular weight is 324 g/mol. The molecule has 19 heavy (non-hydrogen) atoms. The molecule has 0 unspecified atom stereocenters. The summed E-state index contributed by atoms with van der Waals surface area (Å²) in [4.78, 5) is 7.35. The number of aryl methyl sites for hydroxylation is 1. The molecule has 0 saturated heterocycles. The average Bonchev–Trinajstić information content (AvgIpc) is 2.82. The summed E-state index contributed by atoms with van der Waals surface area (Å²) in [5, 5.41) is 3.34.